The number of primary amides is 1. The van der Waals surface area contributed by atoms with Crippen LogP contribution in [0.3, 0.4) is 0 Å². The summed E-state index contributed by atoms with van der Waals surface area (Å²) in [5, 5.41) is 7.72. The third kappa shape index (κ3) is 6.59. The lowest BCUT2D eigenvalue weighted by atomic mass is 10.0. The van der Waals surface area contributed by atoms with E-state index in [1.807, 2.05) is 6.07 Å². The molecule has 1 aliphatic heterocycles. The molecule has 0 atom stereocenters. The monoisotopic (exact) mass is 470 g/mol. The van der Waals surface area contributed by atoms with Crippen molar-refractivity contribution in [3.05, 3.63) is 102 Å². The highest BCUT2D eigenvalue weighted by Gasteiger charge is 2.11. The van der Waals surface area contributed by atoms with Crippen LogP contribution in [0.15, 0.2) is 84.9 Å². The first kappa shape index (κ1) is 23.8. The Morgan fingerprint density at radius 1 is 0.853 bits per heavy atom. The van der Waals surface area contributed by atoms with Crippen molar-refractivity contribution in [3.8, 4) is 22.4 Å². The number of rotatable bonds is 6. The Balaban J connectivity index is 0.000000868. The maximum Gasteiger partial charge on any atom is 0.204 e. The molecule has 1 aliphatic rings. The lowest BCUT2D eigenvalue weighted by Gasteiger charge is -2.26. The summed E-state index contributed by atoms with van der Waals surface area (Å²) >= 11 is 2.06. The second-order valence-corrected chi connectivity index (χ2v) is 9.47. The van der Waals surface area contributed by atoms with Gasteiger partial charge in [0.25, 0.3) is 0 Å². The first-order chi connectivity index (χ1) is 16.7. The molecule has 2 heterocycles. The number of amides is 1. The average molecular weight is 471 g/mol. The van der Waals surface area contributed by atoms with Gasteiger partial charge in [0.05, 0.1) is 5.69 Å². The van der Waals surface area contributed by atoms with Crippen LogP contribution in [0, 0.1) is 0 Å². The summed E-state index contributed by atoms with van der Waals surface area (Å²) in [6.45, 7) is 3.43. The molecular formula is C28H30N4OS. The van der Waals surface area contributed by atoms with E-state index in [1.54, 1.807) is 0 Å². The van der Waals surface area contributed by atoms with Gasteiger partial charge >= 0.3 is 0 Å². The molecule has 4 aromatic rings. The van der Waals surface area contributed by atoms with E-state index in [4.69, 9.17) is 4.79 Å². The molecule has 1 amide bonds. The zero-order chi connectivity index (χ0) is 23.6. The number of benzene rings is 3. The predicted octanol–water partition coefficient (Wildman–Crippen LogP) is 4.98. The summed E-state index contributed by atoms with van der Waals surface area (Å²) in [6, 6.07) is 30.4. The van der Waals surface area contributed by atoms with Gasteiger partial charge in [0.1, 0.15) is 0 Å². The zero-order valence-corrected chi connectivity index (χ0v) is 20.0. The van der Waals surface area contributed by atoms with Crippen LogP contribution >= 0.6 is 11.8 Å². The Hall–Kier alpha value is -3.35. The number of aromatic amines is 1. The van der Waals surface area contributed by atoms with Crippen molar-refractivity contribution in [2.45, 2.75) is 13.0 Å². The molecule has 1 aromatic heterocycles. The highest BCUT2D eigenvalue weighted by atomic mass is 32.2. The van der Waals surface area contributed by atoms with Gasteiger partial charge in [0.15, 0.2) is 0 Å². The third-order valence-corrected chi connectivity index (χ3v) is 6.76. The van der Waals surface area contributed by atoms with E-state index in [2.05, 4.69) is 111 Å². The summed E-state index contributed by atoms with van der Waals surface area (Å²) in [4.78, 5) is 11.1. The van der Waals surface area contributed by atoms with E-state index in [9.17, 15) is 0 Å². The molecule has 6 heteroatoms. The summed E-state index contributed by atoms with van der Waals surface area (Å²) < 4.78 is 0. The van der Waals surface area contributed by atoms with Gasteiger partial charge in [-0.3, -0.25) is 14.8 Å². The molecule has 3 aromatic carbocycles. The van der Waals surface area contributed by atoms with E-state index >= 15 is 0 Å². The molecule has 0 radical (unpaired) electrons. The van der Waals surface area contributed by atoms with Crippen LogP contribution in [0.25, 0.3) is 22.4 Å². The predicted molar refractivity (Wildman–Crippen MR) is 142 cm³/mol. The van der Waals surface area contributed by atoms with E-state index < -0.39 is 0 Å². The molecule has 0 saturated carbocycles. The maximum absolute atomic E-state index is 8.58. The van der Waals surface area contributed by atoms with Crippen molar-refractivity contribution in [2.24, 2.45) is 5.73 Å². The maximum atomic E-state index is 8.58. The number of H-pyrrole nitrogens is 1. The molecule has 0 aliphatic carbocycles. The second-order valence-electron chi connectivity index (χ2n) is 8.24. The van der Waals surface area contributed by atoms with E-state index in [0.717, 1.165) is 29.9 Å². The SMILES string of the molecule is NC=O.c1ccc(Cc2cc(-c3ccc(-c4cccc(CN5CCSCC5)c4)cc3)n[nH]2)cc1. The fourth-order valence-electron chi connectivity index (χ4n) is 4.12. The third-order valence-electron chi connectivity index (χ3n) is 5.82. The zero-order valence-electron chi connectivity index (χ0n) is 19.2. The number of hydrogen-bond acceptors (Lipinski definition) is 4. The summed E-state index contributed by atoms with van der Waals surface area (Å²) in [5.41, 5.74) is 12.6. The minimum absolute atomic E-state index is 0.250. The molecule has 0 bridgehead atoms. The number of carbonyl (C=O) groups excluding carboxylic acids is 1. The van der Waals surface area contributed by atoms with Crippen molar-refractivity contribution in [1.29, 1.82) is 0 Å². The Morgan fingerprint density at radius 3 is 2.26 bits per heavy atom. The van der Waals surface area contributed by atoms with Gasteiger partial charge in [0.2, 0.25) is 6.41 Å². The number of nitrogens with two attached hydrogens (primary N) is 1. The molecule has 1 fully saturated rings. The topological polar surface area (TPSA) is 75.0 Å². The van der Waals surface area contributed by atoms with E-state index in [0.29, 0.717) is 0 Å². The van der Waals surface area contributed by atoms with Gasteiger partial charge in [0, 0.05) is 48.8 Å². The van der Waals surface area contributed by atoms with Crippen molar-refractivity contribution < 1.29 is 4.79 Å². The Morgan fingerprint density at radius 2 is 1.53 bits per heavy atom. The van der Waals surface area contributed by atoms with Gasteiger partial charge in [-0.2, -0.15) is 16.9 Å². The minimum Gasteiger partial charge on any atom is -0.372 e. The largest absolute Gasteiger partial charge is 0.372 e. The smallest absolute Gasteiger partial charge is 0.204 e. The van der Waals surface area contributed by atoms with Crippen LogP contribution in [0.5, 0.6) is 0 Å². The van der Waals surface area contributed by atoms with Gasteiger partial charge < -0.3 is 5.73 Å². The molecule has 0 unspecified atom stereocenters. The first-order valence-corrected chi connectivity index (χ1v) is 12.6. The Labute approximate surface area is 205 Å². The number of nitrogens with zero attached hydrogens (tertiary/aromatic N) is 2. The number of carbonyl (C=O) groups is 1. The first-order valence-electron chi connectivity index (χ1n) is 11.5. The van der Waals surface area contributed by atoms with Crippen LogP contribution in [0.2, 0.25) is 0 Å². The lowest BCUT2D eigenvalue weighted by molar-refractivity contribution is -0.106. The Kier molecular flexibility index (Phi) is 8.54. The van der Waals surface area contributed by atoms with Gasteiger partial charge in [-0.15, -0.1) is 0 Å². The molecule has 0 spiro atoms. The van der Waals surface area contributed by atoms with Crippen molar-refractivity contribution in [1.82, 2.24) is 15.1 Å². The summed E-state index contributed by atoms with van der Waals surface area (Å²) in [5.74, 6) is 2.50. The van der Waals surface area contributed by atoms with E-state index in [-0.39, 0.29) is 6.41 Å². The van der Waals surface area contributed by atoms with Crippen LogP contribution in [0.4, 0.5) is 0 Å². The van der Waals surface area contributed by atoms with Gasteiger partial charge in [-0.05, 0) is 34.4 Å². The fraction of sp³-hybridized carbons (Fsp3) is 0.214. The summed E-state index contributed by atoms with van der Waals surface area (Å²) in [7, 11) is 0. The van der Waals surface area contributed by atoms with Gasteiger partial charge in [-0.25, -0.2) is 0 Å². The summed E-state index contributed by atoms with van der Waals surface area (Å²) in [6.07, 6.45) is 1.12. The average Bonchev–Trinajstić information content (AvgIpc) is 3.34. The van der Waals surface area contributed by atoms with Crippen molar-refractivity contribution in [3.63, 3.8) is 0 Å². The van der Waals surface area contributed by atoms with Crippen LogP contribution < -0.4 is 5.73 Å². The molecule has 3 N–H and O–H groups in total. The van der Waals surface area contributed by atoms with Crippen LogP contribution in [-0.2, 0) is 17.8 Å². The quantitative estimate of drug-likeness (QED) is 0.390. The lowest BCUT2D eigenvalue weighted by Crippen LogP contribution is -2.31. The second kappa shape index (κ2) is 12.2. The number of hydrogen-bond donors (Lipinski definition) is 2. The number of aromatic nitrogens is 2. The molecule has 174 valence electrons. The molecular weight excluding hydrogens is 440 g/mol. The fourth-order valence-corrected chi connectivity index (χ4v) is 5.09. The minimum atomic E-state index is 0.250. The number of thioether (sulfide) groups is 1. The Bertz CT molecular complexity index is 1170. The standard InChI is InChI=1S/C27H27N3S.CH3NO/c1-2-5-21(6-3-1)18-26-19-27(29-28-26)24-11-9-23(10-12-24)25-8-4-7-22(17-25)20-30-13-15-31-16-14-30;2-1-3/h1-12,17,19H,13-16,18,20H2,(H,28,29);1H,(H2,2,3). The van der Waals surface area contributed by atoms with E-state index in [1.165, 1.54) is 46.8 Å². The van der Waals surface area contributed by atoms with Gasteiger partial charge in [-0.1, -0.05) is 72.8 Å². The highest BCUT2D eigenvalue weighted by Crippen LogP contribution is 2.26. The van der Waals surface area contributed by atoms with Crippen molar-refractivity contribution >= 4 is 18.2 Å². The molecule has 34 heavy (non-hydrogen) atoms. The molecule has 5 nitrogen and oxygen atoms in total. The molecule has 5 rings (SSSR count). The number of nitrogens with one attached hydrogen (secondary N) is 1. The molecule has 1 saturated heterocycles. The van der Waals surface area contributed by atoms with Crippen LogP contribution in [-0.4, -0.2) is 46.1 Å². The van der Waals surface area contributed by atoms with Crippen LogP contribution in [0.1, 0.15) is 16.8 Å². The van der Waals surface area contributed by atoms with Crippen molar-refractivity contribution in [2.75, 3.05) is 24.6 Å². The highest BCUT2D eigenvalue weighted by molar-refractivity contribution is 7.99. The normalized spacial score (nSPS) is 13.6.